The van der Waals surface area contributed by atoms with Crippen LogP contribution in [0.15, 0.2) is 66.7 Å². The SMILES string of the molecule is CC(C)Oc1ccccc1.CN1CCCCN1c1ccc(C#N)c2ccccc12. The Labute approximate surface area is 173 Å². The lowest BCUT2D eigenvalue weighted by atomic mass is 10.0. The molecule has 3 aromatic carbocycles. The Kier molecular flexibility index (Phi) is 7.10. The zero-order valence-corrected chi connectivity index (χ0v) is 17.5. The van der Waals surface area contributed by atoms with Gasteiger partial charge in [-0.1, -0.05) is 42.5 Å². The minimum Gasteiger partial charge on any atom is -0.491 e. The maximum absolute atomic E-state index is 9.21. The van der Waals surface area contributed by atoms with Crippen LogP contribution in [0.2, 0.25) is 0 Å². The highest BCUT2D eigenvalue weighted by Crippen LogP contribution is 2.31. The molecule has 4 rings (SSSR count). The third-order valence-electron chi connectivity index (χ3n) is 4.93. The average molecular weight is 388 g/mol. The highest BCUT2D eigenvalue weighted by Gasteiger charge is 2.19. The van der Waals surface area contributed by atoms with Crippen LogP contribution in [0.25, 0.3) is 10.8 Å². The predicted molar refractivity (Wildman–Crippen MR) is 120 cm³/mol. The second-order valence-electron chi connectivity index (χ2n) is 7.48. The fraction of sp³-hybridized carbons (Fsp3) is 0.320. The molecule has 4 nitrogen and oxygen atoms in total. The molecule has 150 valence electrons. The van der Waals surface area contributed by atoms with E-state index >= 15 is 0 Å². The van der Waals surface area contributed by atoms with Crippen molar-refractivity contribution in [2.45, 2.75) is 32.8 Å². The average Bonchev–Trinajstić information content (AvgIpc) is 2.74. The van der Waals surface area contributed by atoms with E-state index in [9.17, 15) is 5.26 Å². The van der Waals surface area contributed by atoms with Crippen molar-refractivity contribution >= 4 is 16.5 Å². The number of ether oxygens (including phenoxy) is 1. The first-order valence-corrected chi connectivity index (χ1v) is 10.2. The Morgan fingerprint density at radius 1 is 0.862 bits per heavy atom. The molecule has 29 heavy (non-hydrogen) atoms. The van der Waals surface area contributed by atoms with E-state index < -0.39 is 0 Å². The van der Waals surface area contributed by atoms with Gasteiger partial charge in [-0.3, -0.25) is 0 Å². The minimum atomic E-state index is 0.266. The van der Waals surface area contributed by atoms with Crippen LogP contribution < -0.4 is 9.75 Å². The van der Waals surface area contributed by atoms with Crippen molar-refractivity contribution in [2.75, 3.05) is 25.1 Å². The van der Waals surface area contributed by atoms with Gasteiger partial charge in [-0.25, -0.2) is 5.01 Å². The largest absolute Gasteiger partial charge is 0.491 e. The molecule has 1 aliphatic rings. The van der Waals surface area contributed by atoms with E-state index in [1.807, 2.05) is 68.4 Å². The standard InChI is InChI=1S/C16H17N3.C9H12O/c1-18-10-4-5-11-19(18)16-9-8-13(12-17)14-6-2-3-7-15(14)16;1-8(2)10-9-6-4-3-5-7-9/h2-3,6-9H,4-5,10-11H2,1H3;3-8H,1-2H3. The number of nitriles is 1. The number of nitrogens with zero attached hydrogens (tertiary/aromatic N) is 3. The van der Waals surface area contributed by atoms with Gasteiger partial charge in [-0.2, -0.15) is 5.26 Å². The van der Waals surface area contributed by atoms with Crippen molar-refractivity contribution in [3.8, 4) is 11.8 Å². The summed E-state index contributed by atoms with van der Waals surface area (Å²) in [4.78, 5) is 0. The second-order valence-corrected chi connectivity index (χ2v) is 7.48. The molecule has 0 saturated carbocycles. The summed E-state index contributed by atoms with van der Waals surface area (Å²) in [6.07, 6.45) is 2.74. The van der Waals surface area contributed by atoms with Gasteiger partial charge in [0.2, 0.25) is 0 Å². The molecule has 4 heteroatoms. The summed E-state index contributed by atoms with van der Waals surface area (Å²) in [6, 6.07) is 24.3. The number of rotatable bonds is 3. The third-order valence-corrected chi connectivity index (χ3v) is 4.93. The predicted octanol–water partition coefficient (Wildman–Crippen LogP) is 5.63. The van der Waals surface area contributed by atoms with Gasteiger partial charge in [0.1, 0.15) is 5.75 Å². The van der Waals surface area contributed by atoms with Crippen molar-refractivity contribution in [1.29, 1.82) is 5.26 Å². The van der Waals surface area contributed by atoms with E-state index in [4.69, 9.17) is 4.74 Å². The molecule has 0 spiro atoms. The molecule has 0 aliphatic carbocycles. The lowest BCUT2D eigenvalue weighted by molar-refractivity contribution is 0.242. The van der Waals surface area contributed by atoms with Crippen molar-refractivity contribution in [3.63, 3.8) is 0 Å². The quantitative estimate of drug-likeness (QED) is 0.584. The molecule has 0 radical (unpaired) electrons. The first kappa shape index (κ1) is 20.7. The molecular weight excluding hydrogens is 358 g/mol. The third kappa shape index (κ3) is 5.28. The summed E-state index contributed by atoms with van der Waals surface area (Å²) in [5.41, 5.74) is 1.95. The van der Waals surface area contributed by atoms with Crippen LogP contribution in [0, 0.1) is 11.3 Å². The first-order chi connectivity index (χ1) is 14.1. The summed E-state index contributed by atoms with van der Waals surface area (Å²) in [6.45, 7) is 6.18. The molecule has 1 fully saturated rings. The van der Waals surface area contributed by atoms with Gasteiger partial charge in [0.25, 0.3) is 0 Å². The van der Waals surface area contributed by atoms with Crippen molar-refractivity contribution in [2.24, 2.45) is 0 Å². The zero-order valence-electron chi connectivity index (χ0n) is 17.5. The van der Waals surface area contributed by atoms with Gasteiger partial charge in [0.15, 0.2) is 0 Å². The molecule has 0 atom stereocenters. The number of anilines is 1. The summed E-state index contributed by atoms with van der Waals surface area (Å²) >= 11 is 0. The number of benzene rings is 3. The number of hydrogen-bond donors (Lipinski definition) is 0. The second kappa shape index (κ2) is 9.95. The normalized spacial score (nSPS) is 14.2. The molecule has 3 aromatic rings. The number of hydrazine groups is 1. The molecule has 1 saturated heterocycles. The van der Waals surface area contributed by atoms with E-state index in [1.54, 1.807) is 0 Å². The smallest absolute Gasteiger partial charge is 0.119 e. The Bertz CT molecular complexity index is 963. The summed E-state index contributed by atoms with van der Waals surface area (Å²) in [5.74, 6) is 0.942. The van der Waals surface area contributed by atoms with Crippen LogP contribution >= 0.6 is 0 Å². The monoisotopic (exact) mass is 387 g/mol. The van der Waals surface area contributed by atoms with Crippen LogP contribution in [0.5, 0.6) is 5.75 Å². The van der Waals surface area contributed by atoms with Gasteiger partial charge in [-0.05, 0) is 51.0 Å². The van der Waals surface area contributed by atoms with E-state index in [1.165, 1.54) is 18.5 Å². The van der Waals surface area contributed by atoms with E-state index in [2.05, 4.69) is 35.3 Å². The number of fused-ring (bicyclic) bond motifs is 1. The highest BCUT2D eigenvalue weighted by atomic mass is 16.5. The van der Waals surface area contributed by atoms with Crippen LogP contribution in [0.3, 0.4) is 0 Å². The Morgan fingerprint density at radius 2 is 1.52 bits per heavy atom. The highest BCUT2D eigenvalue weighted by molar-refractivity contribution is 5.97. The Balaban J connectivity index is 0.000000204. The van der Waals surface area contributed by atoms with Crippen molar-refractivity contribution in [3.05, 3.63) is 72.3 Å². The molecule has 0 N–H and O–H groups in total. The van der Waals surface area contributed by atoms with Gasteiger partial charge >= 0.3 is 0 Å². The Hall–Kier alpha value is -3.03. The molecule has 1 aliphatic heterocycles. The lowest BCUT2D eigenvalue weighted by Crippen LogP contribution is -2.44. The maximum Gasteiger partial charge on any atom is 0.119 e. The lowest BCUT2D eigenvalue weighted by Gasteiger charge is -2.38. The minimum absolute atomic E-state index is 0.266. The fourth-order valence-corrected chi connectivity index (χ4v) is 3.57. The molecular formula is C25H29N3O. The van der Waals surface area contributed by atoms with E-state index in [0.29, 0.717) is 0 Å². The molecule has 1 heterocycles. The topological polar surface area (TPSA) is 39.5 Å². The van der Waals surface area contributed by atoms with Gasteiger partial charge in [-0.15, -0.1) is 0 Å². The summed E-state index contributed by atoms with van der Waals surface area (Å²) < 4.78 is 5.41. The van der Waals surface area contributed by atoms with Crippen molar-refractivity contribution < 1.29 is 4.74 Å². The van der Waals surface area contributed by atoms with Crippen LogP contribution in [-0.2, 0) is 0 Å². The number of para-hydroxylation sites is 1. The van der Waals surface area contributed by atoms with E-state index in [-0.39, 0.29) is 6.10 Å². The van der Waals surface area contributed by atoms with E-state index in [0.717, 1.165) is 35.2 Å². The van der Waals surface area contributed by atoms with Crippen LogP contribution in [-0.4, -0.2) is 31.3 Å². The zero-order chi connectivity index (χ0) is 20.6. The van der Waals surface area contributed by atoms with Gasteiger partial charge < -0.3 is 9.75 Å². The summed E-state index contributed by atoms with van der Waals surface area (Å²) in [5, 5.41) is 16.0. The molecule has 0 aromatic heterocycles. The number of hydrogen-bond acceptors (Lipinski definition) is 4. The Morgan fingerprint density at radius 3 is 2.17 bits per heavy atom. The molecule has 0 amide bonds. The van der Waals surface area contributed by atoms with Gasteiger partial charge in [0, 0.05) is 30.9 Å². The summed E-state index contributed by atoms with van der Waals surface area (Å²) in [7, 11) is 2.13. The first-order valence-electron chi connectivity index (χ1n) is 10.2. The van der Waals surface area contributed by atoms with Crippen LogP contribution in [0.1, 0.15) is 32.3 Å². The fourth-order valence-electron chi connectivity index (χ4n) is 3.57. The van der Waals surface area contributed by atoms with Crippen molar-refractivity contribution in [1.82, 2.24) is 5.01 Å². The van der Waals surface area contributed by atoms with Gasteiger partial charge in [0.05, 0.1) is 23.4 Å². The molecule has 0 unspecified atom stereocenters. The molecule has 0 bridgehead atoms. The van der Waals surface area contributed by atoms with Crippen LogP contribution in [0.4, 0.5) is 5.69 Å². The maximum atomic E-state index is 9.21.